The first kappa shape index (κ1) is 28.8. The number of hydrogen-bond acceptors (Lipinski definition) is 4. The van der Waals surface area contributed by atoms with Crippen molar-refractivity contribution >= 4 is 28.6 Å². The number of nitrogens with one attached hydrogen (secondary N) is 3. The van der Waals surface area contributed by atoms with Gasteiger partial charge in [0, 0.05) is 29.7 Å². The van der Waals surface area contributed by atoms with Crippen LogP contribution in [0.4, 0.5) is 4.39 Å². The van der Waals surface area contributed by atoms with E-state index in [9.17, 15) is 4.79 Å². The predicted molar refractivity (Wildman–Crippen MR) is 163 cm³/mol. The molecule has 1 unspecified atom stereocenters. The minimum Gasteiger partial charge on any atom is -0.370 e. The molecule has 0 radical (unpaired) electrons. The van der Waals surface area contributed by atoms with Gasteiger partial charge in [0.25, 0.3) is 0 Å². The third kappa shape index (κ3) is 6.80. The minimum absolute atomic E-state index is 0.0171. The van der Waals surface area contributed by atoms with Crippen LogP contribution in [0.3, 0.4) is 0 Å². The molecule has 8 nitrogen and oxygen atoms in total. The van der Waals surface area contributed by atoms with Crippen molar-refractivity contribution in [3.05, 3.63) is 81.1 Å². The van der Waals surface area contributed by atoms with Gasteiger partial charge in [-0.15, -0.1) is 0 Å². The number of halogens is 2. The molecule has 4 aromatic rings. The molecule has 41 heavy (non-hydrogen) atoms. The van der Waals surface area contributed by atoms with Crippen molar-refractivity contribution in [2.75, 3.05) is 6.54 Å². The van der Waals surface area contributed by atoms with E-state index in [0.29, 0.717) is 34.1 Å². The van der Waals surface area contributed by atoms with Crippen molar-refractivity contribution in [3.63, 3.8) is 0 Å². The lowest BCUT2D eigenvalue weighted by Crippen LogP contribution is -2.31. The van der Waals surface area contributed by atoms with E-state index in [4.69, 9.17) is 28.5 Å². The van der Waals surface area contributed by atoms with Gasteiger partial charge < -0.3 is 21.8 Å². The Bertz CT molecular complexity index is 1590. The summed E-state index contributed by atoms with van der Waals surface area (Å²) in [7, 11) is 0. The molecular formula is C31H37ClFN7O. The number of nitrogens with two attached hydrogens (primary N) is 2. The average Bonchev–Trinajstić information content (AvgIpc) is 3.57. The highest BCUT2D eigenvalue weighted by Crippen LogP contribution is 2.40. The molecule has 216 valence electrons. The summed E-state index contributed by atoms with van der Waals surface area (Å²) >= 11 is 6.24. The fraction of sp³-hybridized carbons (Fsp3) is 0.387. The van der Waals surface area contributed by atoms with Crippen LogP contribution in [0.5, 0.6) is 0 Å². The Morgan fingerprint density at radius 3 is 2.78 bits per heavy atom. The van der Waals surface area contributed by atoms with Crippen LogP contribution in [0.1, 0.15) is 62.5 Å². The van der Waals surface area contributed by atoms with E-state index >= 15 is 4.39 Å². The van der Waals surface area contributed by atoms with Gasteiger partial charge in [-0.3, -0.25) is 9.98 Å². The molecule has 2 aromatic heterocycles. The summed E-state index contributed by atoms with van der Waals surface area (Å²) < 4.78 is 16.6. The van der Waals surface area contributed by atoms with Gasteiger partial charge in [0.2, 0.25) is 0 Å². The number of rotatable bonds is 10. The van der Waals surface area contributed by atoms with Gasteiger partial charge in [-0.2, -0.15) is 4.98 Å². The molecule has 5 rings (SSSR count). The molecule has 0 spiro atoms. The Balaban J connectivity index is 1.34. The highest BCUT2D eigenvalue weighted by molar-refractivity contribution is 6.31. The smallest absolute Gasteiger partial charge is 0.354 e. The Labute approximate surface area is 243 Å². The maximum atomic E-state index is 15.1. The van der Waals surface area contributed by atoms with Crippen molar-refractivity contribution in [3.8, 4) is 16.9 Å². The molecule has 1 aliphatic rings. The number of H-pyrrole nitrogens is 1. The van der Waals surface area contributed by atoms with Gasteiger partial charge in [0.1, 0.15) is 5.65 Å². The third-order valence-electron chi connectivity index (χ3n) is 8.06. The molecule has 2 aromatic carbocycles. The molecule has 10 heteroatoms. The summed E-state index contributed by atoms with van der Waals surface area (Å²) in [5, 5.41) is 10.9. The highest BCUT2D eigenvalue weighted by atomic mass is 35.5. The number of benzene rings is 2. The van der Waals surface area contributed by atoms with Gasteiger partial charge in [-0.1, -0.05) is 23.7 Å². The highest BCUT2D eigenvalue weighted by Gasteiger charge is 2.25. The first-order chi connectivity index (χ1) is 19.7. The molecule has 1 saturated carbocycles. The van der Waals surface area contributed by atoms with Crippen LogP contribution in [0.25, 0.3) is 28.0 Å². The molecule has 2 heterocycles. The SMILES string of the molecule is C[C@H](N)CCCc1cc(Cl)c(F)c(-c2cc3cn(-c4ccc([C@H]5CCC(CCNC(=N)N)C5)cc4)c(=O)nc3[nH]2)c1. The number of guanidine groups is 1. The first-order valence-electron chi connectivity index (χ1n) is 14.2. The van der Waals surface area contributed by atoms with Crippen LogP contribution >= 0.6 is 11.6 Å². The number of aryl methyl sites for hydroxylation is 1. The number of fused-ring (bicyclic) bond motifs is 1. The lowest BCUT2D eigenvalue weighted by Gasteiger charge is -2.13. The lowest BCUT2D eigenvalue weighted by atomic mass is 9.95. The molecule has 7 N–H and O–H groups in total. The summed E-state index contributed by atoms with van der Waals surface area (Å²) in [6.07, 6.45) is 8.61. The van der Waals surface area contributed by atoms with E-state index in [1.54, 1.807) is 24.4 Å². The largest absolute Gasteiger partial charge is 0.370 e. The van der Waals surface area contributed by atoms with E-state index in [2.05, 4.69) is 27.4 Å². The second-order valence-electron chi connectivity index (χ2n) is 11.3. The Kier molecular flexibility index (Phi) is 8.75. The summed E-state index contributed by atoms with van der Waals surface area (Å²) in [4.78, 5) is 20.3. The van der Waals surface area contributed by atoms with E-state index in [-0.39, 0.29) is 17.0 Å². The van der Waals surface area contributed by atoms with Crippen LogP contribution in [-0.2, 0) is 6.42 Å². The Morgan fingerprint density at radius 1 is 1.27 bits per heavy atom. The van der Waals surface area contributed by atoms with Crippen LogP contribution in [0.15, 0.2) is 53.5 Å². The van der Waals surface area contributed by atoms with E-state index in [0.717, 1.165) is 62.7 Å². The van der Waals surface area contributed by atoms with Crippen molar-refractivity contribution in [1.82, 2.24) is 19.9 Å². The molecule has 1 aliphatic carbocycles. The van der Waals surface area contributed by atoms with Crippen LogP contribution in [-0.4, -0.2) is 33.1 Å². The van der Waals surface area contributed by atoms with E-state index < -0.39 is 11.5 Å². The zero-order valence-corrected chi connectivity index (χ0v) is 24.0. The standard InChI is InChI=1S/C31H37ClFN7O/c1-18(34)3-2-4-20-14-25(28(33)26(32)15-20)27-16-23-17-40(31(41)39-29(23)38-27)24-9-7-21(8-10-24)22-6-5-19(13-22)11-12-37-30(35)36/h7-10,14-19,22H,2-6,11-13,34H2,1H3,(H4,35,36,37)(H,38,39,41)/t18-,19?,22-/m0/s1. The second kappa shape index (κ2) is 12.4. The predicted octanol–water partition coefficient (Wildman–Crippen LogP) is 5.60. The normalized spacial score (nSPS) is 17.7. The molecule has 1 fully saturated rings. The number of aromatic amines is 1. The van der Waals surface area contributed by atoms with Gasteiger partial charge in [-0.25, -0.2) is 9.18 Å². The fourth-order valence-electron chi connectivity index (χ4n) is 5.90. The molecule has 0 aliphatic heterocycles. The Morgan fingerprint density at radius 2 is 2.05 bits per heavy atom. The topological polar surface area (TPSA) is 139 Å². The maximum Gasteiger partial charge on any atom is 0.354 e. The lowest BCUT2D eigenvalue weighted by molar-refractivity contribution is 0.492. The quantitative estimate of drug-likeness (QED) is 0.123. The zero-order chi connectivity index (χ0) is 29.1. The third-order valence-corrected chi connectivity index (χ3v) is 8.34. The monoisotopic (exact) mass is 577 g/mol. The Hall–Kier alpha value is -3.69. The molecule has 0 bridgehead atoms. The maximum absolute atomic E-state index is 15.1. The van der Waals surface area contributed by atoms with Gasteiger partial charge in [0.15, 0.2) is 11.8 Å². The summed E-state index contributed by atoms with van der Waals surface area (Å²) in [6.45, 7) is 2.69. The minimum atomic E-state index is -0.510. The van der Waals surface area contributed by atoms with Crippen molar-refractivity contribution in [1.29, 1.82) is 5.41 Å². The van der Waals surface area contributed by atoms with Gasteiger partial charge in [0.05, 0.1) is 16.4 Å². The average molecular weight is 578 g/mol. The number of hydrogen-bond donors (Lipinski definition) is 5. The molecule has 3 atom stereocenters. The summed E-state index contributed by atoms with van der Waals surface area (Å²) in [6, 6.07) is 13.4. The van der Waals surface area contributed by atoms with Crippen LogP contribution in [0.2, 0.25) is 5.02 Å². The first-order valence-corrected chi connectivity index (χ1v) is 14.6. The summed E-state index contributed by atoms with van der Waals surface area (Å²) in [5.41, 5.74) is 15.0. The molecular weight excluding hydrogens is 541 g/mol. The number of aromatic nitrogens is 3. The molecule has 0 amide bonds. The van der Waals surface area contributed by atoms with Gasteiger partial charge >= 0.3 is 5.69 Å². The second-order valence-corrected chi connectivity index (χ2v) is 11.7. The fourth-order valence-corrected chi connectivity index (χ4v) is 6.14. The van der Waals surface area contributed by atoms with E-state index in [1.165, 1.54) is 10.1 Å². The summed E-state index contributed by atoms with van der Waals surface area (Å²) in [5.74, 6) is 0.596. The zero-order valence-electron chi connectivity index (χ0n) is 23.2. The van der Waals surface area contributed by atoms with E-state index in [1.807, 2.05) is 19.1 Å². The van der Waals surface area contributed by atoms with Crippen molar-refractivity contribution < 1.29 is 4.39 Å². The van der Waals surface area contributed by atoms with Crippen LogP contribution < -0.4 is 22.5 Å². The number of nitrogens with zero attached hydrogens (tertiary/aromatic N) is 2. The van der Waals surface area contributed by atoms with Crippen LogP contribution in [0, 0.1) is 17.1 Å². The van der Waals surface area contributed by atoms with Gasteiger partial charge in [-0.05, 0) is 105 Å². The van der Waals surface area contributed by atoms with Crippen molar-refractivity contribution in [2.24, 2.45) is 17.4 Å². The molecule has 0 saturated heterocycles. The van der Waals surface area contributed by atoms with Crippen molar-refractivity contribution in [2.45, 2.75) is 63.8 Å².